The van der Waals surface area contributed by atoms with Gasteiger partial charge in [0.25, 0.3) is 0 Å². The Morgan fingerprint density at radius 3 is 2.43 bits per heavy atom. The van der Waals surface area contributed by atoms with E-state index in [0.29, 0.717) is 19.6 Å². The molecule has 1 saturated carbocycles. The van der Waals surface area contributed by atoms with Crippen molar-refractivity contribution in [3.8, 4) is 5.75 Å². The fourth-order valence-corrected chi connectivity index (χ4v) is 3.00. The second-order valence-electron chi connectivity index (χ2n) is 5.95. The Morgan fingerprint density at radius 1 is 1.19 bits per heavy atom. The number of benzene rings is 1. The van der Waals surface area contributed by atoms with E-state index in [1.807, 2.05) is 24.3 Å². The highest BCUT2D eigenvalue weighted by Crippen LogP contribution is 2.38. The first-order valence-corrected chi connectivity index (χ1v) is 7.66. The smallest absolute Gasteiger partial charge is 0.306 e. The third kappa shape index (κ3) is 4.46. The summed E-state index contributed by atoms with van der Waals surface area (Å²) < 4.78 is 10.5. The summed E-state index contributed by atoms with van der Waals surface area (Å²) in [5.74, 6) is 0.660. The maximum absolute atomic E-state index is 12.1. The van der Waals surface area contributed by atoms with Crippen molar-refractivity contribution in [2.45, 2.75) is 45.1 Å². The molecule has 2 N–H and O–H groups in total. The van der Waals surface area contributed by atoms with E-state index < -0.39 is 0 Å². The third-order valence-electron chi connectivity index (χ3n) is 4.43. The van der Waals surface area contributed by atoms with E-state index in [4.69, 9.17) is 15.2 Å². The van der Waals surface area contributed by atoms with E-state index in [1.165, 1.54) is 19.3 Å². The van der Waals surface area contributed by atoms with Crippen LogP contribution in [0.1, 0.15) is 44.1 Å². The molecule has 0 radical (unpaired) electrons. The van der Waals surface area contributed by atoms with Gasteiger partial charge in [-0.25, -0.2) is 0 Å². The van der Waals surface area contributed by atoms with Crippen LogP contribution in [0.4, 0.5) is 0 Å². The number of hydrogen-bond donors (Lipinski definition) is 1. The van der Waals surface area contributed by atoms with Crippen LogP contribution in [0.3, 0.4) is 0 Å². The van der Waals surface area contributed by atoms with Crippen molar-refractivity contribution in [2.24, 2.45) is 11.1 Å². The lowest BCUT2D eigenvalue weighted by Gasteiger charge is -2.35. The number of esters is 1. The van der Waals surface area contributed by atoms with Crippen LogP contribution >= 0.6 is 0 Å². The van der Waals surface area contributed by atoms with Crippen molar-refractivity contribution in [1.29, 1.82) is 0 Å². The van der Waals surface area contributed by atoms with Gasteiger partial charge < -0.3 is 15.2 Å². The summed E-state index contributed by atoms with van der Waals surface area (Å²) in [6.07, 6.45) is 6.12. The van der Waals surface area contributed by atoms with Crippen LogP contribution in [-0.2, 0) is 16.1 Å². The average molecular weight is 291 g/mol. The van der Waals surface area contributed by atoms with Crippen LogP contribution in [0.15, 0.2) is 24.3 Å². The Bertz CT molecular complexity index is 450. The topological polar surface area (TPSA) is 61.5 Å². The van der Waals surface area contributed by atoms with Crippen molar-refractivity contribution in [3.63, 3.8) is 0 Å². The first kappa shape index (κ1) is 15.8. The van der Waals surface area contributed by atoms with Gasteiger partial charge in [0.1, 0.15) is 12.4 Å². The molecule has 4 heteroatoms. The molecule has 2 rings (SSSR count). The number of hydrogen-bond acceptors (Lipinski definition) is 4. The van der Waals surface area contributed by atoms with E-state index in [-0.39, 0.29) is 11.4 Å². The highest BCUT2D eigenvalue weighted by molar-refractivity contribution is 5.70. The lowest BCUT2D eigenvalue weighted by atomic mass is 9.72. The normalized spacial score (nSPS) is 17.2. The number of carbonyl (C=O) groups excluding carboxylic acids is 1. The molecular formula is C17H25NO3. The van der Waals surface area contributed by atoms with Crippen molar-refractivity contribution >= 4 is 5.97 Å². The average Bonchev–Trinajstić information content (AvgIpc) is 2.54. The van der Waals surface area contributed by atoms with E-state index in [1.54, 1.807) is 7.11 Å². The molecule has 1 aliphatic rings. The minimum atomic E-state index is -0.141. The second kappa shape index (κ2) is 7.46. The van der Waals surface area contributed by atoms with Gasteiger partial charge in [0.2, 0.25) is 0 Å². The monoisotopic (exact) mass is 291 g/mol. The van der Waals surface area contributed by atoms with Crippen LogP contribution in [0.5, 0.6) is 5.75 Å². The summed E-state index contributed by atoms with van der Waals surface area (Å²) in [7, 11) is 1.63. The Hall–Kier alpha value is -1.55. The van der Waals surface area contributed by atoms with E-state index in [9.17, 15) is 4.79 Å². The maximum Gasteiger partial charge on any atom is 0.306 e. The number of nitrogens with two attached hydrogens (primary N) is 1. The summed E-state index contributed by atoms with van der Waals surface area (Å²) in [5.41, 5.74) is 6.84. The van der Waals surface area contributed by atoms with Crippen LogP contribution < -0.4 is 10.5 Å². The molecule has 1 aliphatic carbocycles. The largest absolute Gasteiger partial charge is 0.497 e. The summed E-state index contributed by atoms with van der Waals surface area (Å²) in [4.78, 5) is 12.1. The zero-order valence-electron chi connectivity index (χ0n) is 12.8. The number of rotatable bonds is 6. The Labute approximate surface area is 126 Å². The van der Waals surface area contributed by atoms with E-state index >= 15 is 0 Å². The van der Waals surface area contributed by atoms with Gasteiger partial charge in [-0.15, -0.1) is 0 Å². The standard InChI is InChI=1S/C17H25NO3/c1-20-15-7-5-14(6-8-15)12-21-16(19)11-17(13-18)9-3-2-4-10-17/h5-8H,2-4,9-13,18H2,1H3. The molecule has 21 heavy (non-hydrogen) atoms. The molecule has 0 spiro atoms. The Balaban J connectivity index is 1.83. The summed E-state index contributed by atoms with van der Waals surface area (Å²) in [6.45, 7) is 0.883. The second-order valence-corrected chi connectivity index (χ2v) is 5.95. The first-order valence-electron chi connectivity index (χ1n) is 7.66. The molecule has 0 heterocycles. The highest BCUT2D eigenvalue weighted by atomic mass is 16.5. The first-order chi connectivity index (χ1) is 10.2. The summed E-state index contributed by atoms with van der Waals surface area (Å²) in [6, 6.07) is 7.55. The van der Waals surface area contributed by atoms with Gasteiger partial charge in [0.15, 0.2) is 0 Å². The third-order valence-corrected chi connectivity index (χ3v) is 4.43. The number of carbonyl (C=O) groups is 1. The molecule has 0 atom stereocenters. The molecule has 0 saturated heterocycles. The van der Waals surface area contributed by atoms with Gasteiger partial charge in [0, 0.05) is 0 Å². The lowest BCUT2D eigenvalue weighted by molar-refractivity contribution is -0.148. The fraction of sp³-hybridized carbons (Fsp3) is 0.588. The van der Waals surface area contributed by atoms with E-state index in [0.717, 1.165) is 24.2 Å². The van der Waals surface area contributed by atoms with Gasteiger partial charge in [-0.3, -0.25) is 4.79 Å². The number of ether oxygens (including phenoxy) is 2. The number of methoxy groups -OCH3 is 1. The molecule has 0 aliphatic heterocycles. The van der Waals surface area contributed by atoms with Crippen molar-refractivity contribution < 1.29 is 14.3 Å². The molecule has 1 aromatic carbocycles. The Morgan fingerprint density at radius 2 is 1.86 bits per heavy atom. The molecule has 0 bridgehead atoms. The van der Waals surface area contributed by atoms with Crippen LogP contribution in [0, 0.1) is 5.41 Å². The SMILES string of the molecule is COc1ccc(COC(=O)CC2(CN)CCCCC2)cc1. The van der Waals surface area contributed by atoms with E-state index in [2.05, 4.69) is 0 Å². The minimum Gasteiger partial charge on any atom is -0.497 e. The zero-order chi connectivity index (χ0) is 15.1. The predicted molar refractivity (Wildman–Crippen MR) is 82.0 cm³/mol. The summed E-state index contributed by atoms with van der Waals surface area (Å²) >= 11 is 0. The van der Waals surface area contributed by atoms with Crippen molar-refractivity contribution in [3.05, 3.63) is 29.8 Å². The van der Waals surface area contributed by atoms with Crippen LogP contribution in [0.25, 0.3) is 0 Å². The predicted octanol–water partition coefficient (Wildman–Crippen LogP) is 3.04. The molecule has 4 nitrogen and oxygen atoms in total. The molecule has 1 fully saturated rings. The van der Waals surface area contributed by atoms with Gasteiger partial charge in [-0.05, 0) is 42.5 Å². The zero-order valence-corrected chi connectivity index (χ0v) is 12.8. The molecule has 0 aromatic heterocycles. The molecular weight excluding hydrogens is 266 g/mol. The van der Waals surface area contributed by atoms with Crippen LogP contribution in [-0.4, -0.2) is 19.6 Å². The minimum absolute atomic E-state index is 0.0325. The van der Waals surface area contributed by atoms with Gasteiger partial charge in [-0.1, -0.05) is 31.4 Å². The van der Waals surface area contributed by atoms with Crippen molar-refractivity contribution in [1.82, 2.24) is 0 Å². The van der Waals surface area contributed by atoms with Gasteiger partial charge >= 0.3 is 5.97 Å². The molecule has 0 unspecified atom stereocenters. The Kier molecular flexibility index (Phi) is 5.62. The van der Waals surface area contributed by atoms with Gasteiger partial charge in [0.05, 0.1) is 13.5 Å². The summed E-state index contributed by atoms with van der Waals surface area (Å²) in [5, 5.41) is 0. The maximum atomic E-state index is 12.1. The van der Waals surface area contributed by atoms with Crippen molar-refractivity contribution in [2.75, 3.05) is 13.7 Å². The highest BCUT2D eigenvalue weighted by Gasteiger charge is 2.33. The molecule has 1 aromatic rings. The van der Waals surface area contributed by atoms with Crippen LogP contribution in [0.2, 0.25) is 0 Å². The lowest BCUT2D eigenvalue weighted by Crippen LogP contribution is -2.35. The quantitative estimate of drug-likeness (QED) is 0.818. The van der Waals surface area contributed by atoms with Gasteiger partial charge in [-0.2, -0.15) is 0 Å². The molecule has 116 valence electrons. The fourth-order valence-electron chi connectivity index (χ4n) is 3.00. The molecule has 0 amide bonds.